The lowest BCUT2D eigenvalue weighted by Crippen LogP contribution is -2.16. The van der Waals surface area contributed by atoms with E-state index in [9.17, 15) is 13.2 Å². The lowest BCUT2D eigenvalue weighted by molar-refractivity contribution is -0.137. The predicted molar refractivity (Wildman–Crippen MR) is 78.6 cm³/mol. The van der Waals surface area contributed by atoms with Gasteiger partial charge in [-0.25, -0.2) is 4.98 Å². The molecule has 2 aromatic rings. The summed E-state index contributed by atoms with van der Waals surface area (Å²) in [6.45, 7) is 5.86. The molecule has 1 N–H and O–H groups in total. The monoisotopic (exact) mass is 312 g/mol. The second kappa shape index (κ2) is 5.26. The van der Waals surface area contributed by atoms with Crippen LogP contribution in [0.15, 0.2) is 30.3 Å². The lowest BCUT2D eigenvalue weighted by atomic mass is 9.95. The number of rotatable bonds is 1. The SMILES string of the molecule is CC(C)(C)c1nc(=S)cc(-c2cccc(C(F)(F)F)c2)[nH]1. The summed E-state index contributed by atoms with van der Waals surface area (Å²) in [5, 5.41) is 0. The van der Waals surface area contributed by atoms with Gasteiger partial charge < -0.3 is 4.98 Å². The van der Waals surface area contributed by atoms with Gasteiger partial charge in [0.15, 0.2) is 0 Å². The molecule has 0 amide bonds. The van der Waals surface area contributed by atoms with Crippen LogP contribution in [0.4, 0.5) is 13.2 Å². The lowest BCUT2D eigenvalue weighted by Gasteiger charge is -2.18. The van der Waals surface area contributed by atoms with Gasteiger partial charge in [0, 0.05) is 11.1 Å². The first-order chi connectivity index (χ1) is 9.57. The standard InChI is InChI=1S/C15H15F3N2S/c1-14(2,3)13-19-11(8-12(21)20-13)9-5-4-6-10(7-9)15(16,17)18/h4-8H,1-3H3,(H,19,20,21). The van der Waals surface area contributed by atoms with Gasteiger partial charge in [0.2, 0.25) is 0 Å². The molecule has 0 fully saturated rings. The van der Waals surface area contributed by atoms with E-state index >= 15 is 0 Å². The van der Waals surface area contributed by atoms with E-state index in [0.29, 0.717) is 21.7 Å². The second-order valence-corrected chi connectivity index (χ2v) is 6.23. The molecule has 1 aromatic carbocycles. The molecule has 21 heavy (non-hydrogen) atoms. The summed E-state index contributed by atoms with van der Waals surface area (Å²) in [6.07, 6.45) is -4.37. The van der Waals surface area contributed by atoms with Crippen molar-refractivity contribution in [3.63, 3.8) is 0 Å². The third-order valence-electron chi connectivity index (χ3n) is 2.95. The number of hydrogen-bond acceptors (Lipinski definition) is 2. The molecule has 0 radical (unpaired) electrons. The van der Waals surface area contributed by atoms with E-state index in [0.717, 1.165) is 12.1 Å². The van der Waals surface area contributed by atoms with Gasteiger partial charge in [-0.2, -0.15) is 13.2 Å². The van der Waals surface area contributed by atoms with Gasteiger partial charge in [0.1, 0.15) is 10.5 Å². The molecule has 0 aliphatic rings. The number of nitrogens with one attached hydrogen (secondary N) is 1. The van der Waals surface area contributed by atoms with Crippen LogP contribution in [0, 0.1) is 4.64 Å². The van der Waals surface area contributed by atoms with Crippen LogP contribution in [0.5, 0.6) is 0 Å². The number of aromatic amines is 1. The van der Waals surface area contributed by atoms with E-state index in [-0.39, 0.29) is 5.41 Å². The molecule has 1 heterocycles. The molecule has 1 aromatic heterocycles. The molecule has 112 valence electrons. The zero-order chi connectivity index (χ0) is 15.8. The van der Waals surface area contributed by atoms with Gasteiger partial charge in [-0.15, -0.1) is 0 Å². The van der Waals surface area contributed by atoms with Crippen LogP contribution >= 0.6 is 12.2 Å². The highest BCUT2D eigenvalue weighted by molar-refractivity contribution is 7.71. The zero-order valence-corrected chi connectivity index (χ0v) is 12.7. The fourth-order valence-electron chi connectivity index (χ4n) is 1.83. The minimum Gasteiger partial charge on any atom is -0.343 e. The zero-order valence-electron chi connectivity index (χ0n) is 11.9. The fraction of sp³-hybridized carbons (Fsp3) is 0.333. The normalized spacial score (nSPS) is 12.5. The number of hydrogen-bond donors (Lipinski definition) is 1. The summed E-state index contributed by atoms with van der Waals surface area (Å²) in [5.74, 6) is 0.641. The minimum absolute atomic E-state index is 0.273. The van der Waals surface area contributed by atoms with Crippen molar-refractivity contribution >= 4 is 12.2 Å². The predicted octanol–water partition coefficient (Wildman–Crippen LogP) is 5.12. The molecule has 0 saturated heterocycles. The first-order valence-corrected chi connectivity index (χ1v) is 6.78. The van der Waals surface area contributed by atoms with Crippen molar-refractivity contribution in [1.29, 1.82) is 0 Å². The first-order valence-electron chi connectivity index (χ1n) is 6.37. The maximum Gasteiger partial charge on any atom is 0.416 e. The van der Waals surface area contributed by atoms with Crippen molar-refractivity contribution in [2.45, 2.75) is 32.4 Å². The Morgan fingerprint density at radius 3 is 2.33 bits per heavy atom. The van der Waals surface area contributed by atoms with Crippen LogP contribution in [0.2, 0.25) is 0 Å². The Kier molecular flexibility index (Phi) is 3.93. The number of benzene rings is 1. The van der Waals surface area contributed by atoms with E-state index < -0.39 is 11.7 Å². The summed E-state index contributed by atoms with van der Waals surface area (Å²) < 4.78 is 38.7. The molecular weight excluding hydrogens is 297 g/mol. The number of H-pyrrole nitrogens is 1. The Balaban J connectivity index is 2.58. The Bertz CT molecular complexity index is 712. The maximum atomic E-state index is 12.8. The molecule has 0 spiro atoms. The fourth-order valence-corrected chi connectivity index (χ4v) is 2.04. The smallest absolute Gasteiger partial charge is 0.343 e. The van der Waals surface area contributed by atoms with E-state index in [2.05, 4.69) is 9.97 Å². The average Bonchev–Trinajstić information content (AvgIpc) is 2.36. The molecule has 0 bridgehead atoms. The number of alkyl halides is 3. The van der Waals surface area contributed by atoms with Crippen LogP contribution in [-0.2, 0) is 11.6 Å². The van der Waals surface area contributed by atoms with E-state index in [4.69, 9.17) is 12.2 Å². The number of nitrogens with zero attached hydrogens (tertiary/aromatic N) is 1. The van der Waals surface area contributed by atoms with Crippen LogP contribution in [0.1, 0.15) is 32.2 Å². The molecule has 2 nitrogen and oxygen atoms in total. The van der Waals surface area contributed by atoms with E-state index in [1.54, 1.807) is 12.1 Å². The van der Waals surface area contributed by atoms with Crippen LogP contribution < -0.4 is 0 Å². The summed E-state index contributed by atoms with van der Waals surface area (Å²) in [6, 6.07) is 6.71. The van der Waals surface area contributed by atoms with E-state index in [1.807, 2.05) is 20.8 Å². The van der Waals surface area contributed by atoms with Crippen molar-refractivity contribution in [3.8, 4) is 11.3 Å². The quantitative estimate of drug-likeness (QED) is 0.740. The molecule has 0 atom stereocenters. The largest absolute Gasteiger partial charge is 0.416 e. The number of halogens is 3. The molecule has 2 rings (SSSR count). The molecule has 6 heteroatoms. The molecular formula is C15H15F3N2S. The van der Waals surface area contributed by atoms with Gasteiger partial charge in [-0.05, 0) is 23.8 Å². The third kappa shape index (κ3) is 3.69. The minimum atomic E-state index is -4.37. The van der Waals surface area contributed by atoms with Gasteiger partial charge in [-0.1, -0.05) is 45.1 Å². The topological polar surface area (TPSA) is 28.7 Å². The summed E-state index contributed by atoms with van der Waals surface area (Å²) in [4.78, 5) is 7.31. The summed E-state index contributed by atoms with van der Waals surface area (Å²) in [7, 11) is 0. The van der Waals surface area contributed by atoms with Gasteiger partial charge in [0.25, 0.3) is 0 Å². The Morgan fingerprint density at radius 1 is 1.10 bits per heavy atom. The average molecular weight is 312 g/mol. The summed E-state index contributed by atoms with van der Waals surface area (Å²) >= 11 is 5.11. The molecule has 0 aliphatic heterocycles. The first kappa shape index (κ1) is 15.7. The Hall–Kier alpha value is -1.69. The van der Waals surface area contributed by atoms with Gasteiger partial charge in [-0.3, -0.25) is 0 Å². The second-order valence-electron chi connectivity index (χ2n) is 5.81. The van der Waals surface area contributed by atoms with Crippen LogP contribution in [0.25, 0.3) is 11.3 Å². The van der Waals surface area contributed by atoms with Crippen molar-refractivity contribution in [2.24, 2.45) is 0 Å². The van der Waals surface area contributed by atoms with Crippen molar-refractivity contribution in [2.75, 3.05) is 0 Å². The summed E-state index contributed by atoms with van der Waals surface area (Å²) in [5.41, 5.74) is 0.00821. The highest BCUT2D eigenvalue weighted by Gasteiger charge is 2.30. The van der Waals surface area contributed by atoms with Gasteiger partial charge in [0.05, 0.1) is 5.56 Å². The highest BCUT2D eigenvalue weighted by Crippen LogP contribution is 2.32. The third-order valence-corrected chi connectivity index (χ3v) is 3.16. The van der Waals surface area contributed by atoms with Crippen LogP contribution in [-0.4, -0.2) is 9.97 Å². The van der Waals surface area contributed by atoms with Crippen molar-refractivity contribution < 1.29 is 13.2 Å². The Morgan fingerprint density at radius 2 is 1.76 bits per heavy atom. The number of aromatic nitrogens is 2. The van der Waals surface area contributed by atoms with Crippen molar-refractivity contribution in [3.05, 3.63) is 46.4 Å². The highest BCUT2D eigenvalue weighted by atomic mass is 32.1. The van der Waals surface area contributed by atoms with E-state index in [1.165, 1.54) is 6.07 Å². The molecule has 0 saturated carbocycles. The Labute approximate surface area is 126 Å². The maximum absolute atomic E-state index is 12.8. The van der Waals surface area contributed by atoms with Gasteiger partial charge >= 0.3 is 6.18 Å². The van der Waals surface area contributed by atoms with Crippen molar-refractivity contribution in [1.82, 2.24) is 9.97 Å². The molecule has 0 unspecified atom stereocenters. The molecule has 0 aliphatic carbocycles. The van der Waals surface area contributed by atoms with Crippen LogP contribution in [0.3, 0.4) is 0 Å².